The van der Waals surface area contributed by atoms with Crippen LogP contribution in [0, 0.1) is 0 Å². The summed E-state index contributed by atoms with van der Waals surface area (Å²) >= 11 is 13.0. The van der Waals surface area contributed by atoms with Crippen molar-refractivity contribution < 1.29 is 19.1 Å². The summed E-state index contributed by atoms with van der Waals surface area (Å²) in [5.74, 6) is 0.616. The highest BCUT2D eigenvalue weighted by molar-refractivity contribution is 7.51. The van der Waals surface area contributed by atoms with Gasteiger partial charge in [-0.1, -0.05) is 29.3 Å². The Morgan fingerprint density at radius 1 is 1.33 bits per heavy atom. The first-order chi connectivity index (χ1) is 12.6. The Bertz CT molecular complexity index is 845. The maximum absolute atomic E-state index is 12.0. The van der Waals surface area contributed by atoms with Gasteiger partial charge in [0.15, 0.2) is 5.13 Å². The van der Waals surface area contributed by atoms with Gasteiger partial charge >= 0.3 is 13.6 Å². The maximum atomic E-state index is 12.0. The molecule has 0 aliphatic carbocycles. The Kier molecular flexibility index (Phi) is 7.91. The van der Waals surface area contributed by atoms with Crippen LogP contribution in [0.4, 0.5) is 15.7 Å². The lowest BCUT2D eigenvalue weighted by atomic mass is 10.2. The Labute approximate surface area is 170 Å². The van der Waals surface area contributed by atoms with Crippen molar-refractivity contribution in [3.63, 3.8) is 0 Å². The van der Waals surface area contributed by atoms with Gasteiger partial charge in [-0.2, -0.15) is 0 Å². The van der Waals surface area contributed by atoms with Gasteiger partial charge in [-0.05, 0) is 24.1 Å². The van der Waals surface area contributed by atoms with E-state index < -0.39 is 13.6 Å². The van der Waals surface area contributed by atoms with Gasteiger partial charge in [0.05, 0.1) is 16.2 Å². The van der Waals surface area contributed by atoms with Crippen LogP contribution in [0.5, 0.6) is 0 Å². The molecule has 8 nitrogen and oxygen atoms in total. The van der Waals surface area contributed by atoms with Gasteiger partial charge in [0, 0.05) is 25.5 Å². The average Bonchev–Trinajstić information content (AvgIpc) is 3.03. The largest absolute Gasteiger partial charge is 0.359 e. The number of aromatic nitrogens is 1. The summed E-state index contributed by atoms with van der Waals surface area (Å²) < 4.78 is 10.9. The molecule has 2 aromatic rings. The van der Waals surface area contributed by atoms with Gasteiger partial charge in [0.2, 0.25) is 0 Å². The molecule has 0 radical (unpaired) electrons. The predicted octanol–water partition coefficient (Wildman–Crippen LogP) is 3.78. The molecule has 0 atom stereocenters. The second kappa shape index (κ2) is 9.73. The van der Waals surface area contributed by atoms with E-state index in [-0.39, 0.29) is 12.7 Å². The van der Waals surface area contributed by atoms with Crippen LogP contribution in [0.2, 0.25) is 10.0 Å². The number of amides is 2. The number of hydrogen-bond donors (Lipinski definition) is 4. The predicted molar refractivity (Wildman–Crippen MR) is 109 cm³/mol. The molecule has 0 fully saturated rings. The molecule has 0 aliphatic rings. The third-order valence-corrected chi connectivity index (χ3v) is 5.87. The Morgan fingerprint density at radius 2 is 2.07 bits per heavy atom. The zero-order valence-electron chi connectivity index (χ0n) is 14.4. The summed E-state index contributed by atoms with van der Waals surface area (Å²) in [6, 6.07) is 4.70. The van der Waals surface area contributed by atoms with E-state index in [1.165, 1.54) is 11.3 Å². The van der Waals surface area contributed by atoms with E-state index in [2.05, 4.69) is 15.6 Å². The summed E-state index contributed by atoms with van der Waals surface area (Å²) in [5, 5.41) is 8.38. The maximum Gasteiger partial charge on any atom is 0.325 e. The highest BCUT2D eigenvalue weighted by Gasteiger charge is 2.14. The van der Waals surface area contributed by atoms with Crippen molar-refractivity contribution in [2.24, 2.45) is 0 Å². The van der Waals surface area contributed by atoms with E-state index in [0.717, 1.165) is 5.56 Å². The van der Waals surface area contributed by atoms with Crippen molar-refractivity contribution in [3.8, 4) is 0 Å². The summed E-state index contributed by atoms with van der Waals surface area (Å²) in [6.07, 6.45) is 0.162. The Hall–Kier alpha value is -1.35. The molecule has 2 amide bonds. The number of thiazole rings is 1. The fraction of sp³-hybridized carbons (Fsp3) is 0.333. The lowest BCUT2D eigenvalue weighted by molar-refractivity contribution is 0.251. The summed E-state index contributed by atoms with van der Waals surface area (Å²) in [5.41, 5.74) is 0.809. The molecule has 27 heavy (non-hydrogen) atoms. The number of hydrogen-bond acceptors (Lipinski definition) is 5. The molecule has 12 heteroatoms. The first-order valence-electron chi connectivity index (χ1n) is 7.84. The molecule has 0 bridgehead atoms. The highest BCUT2D eigenvalue weighted by atomic mass is 35.5. The van der Waals surface area contributed by atoms with Crippen LogP contribution in [-0.4, -0.2) is 40.6 Å². The Balaban J connectivity index is 1.81. The number of benzene rings is 1. The van der Waals surface area contributed by atoms with E-state index in [1.54, 1.807) is 35.5 Å². The van der Waals surface area contributed by atoms with Crippen molar-refractivity contribution in [2.75, 3.05) is 30.0 Å². The quantitative estimate of drug-likeness (QED) is 0.453. The molecule has 0 aliphatic heterocycles. The molecule has 2 rings (SSSR count). The number of carbonyl (C=O) groups is 1. The average molecular weight is 453 g/mol. The molecule has 0 saturated carbocycles. The number of anilines is 2. The minimum Gasteiger partial charge on any atom is -0.359 e. The fourth-order valence-electron chi connectivity index (χ4n) is 2.10. The molecule has 0 saturated heterocycles. The summed E-state index contributed by atoms with van der Waals surface area (Å²) in [7, 11) is -2.22. The van der Waals surface area contributed by atoms with Gasteiger partial charge < -0.3 is 20.0 Å². The van der Waals surface area contributed by atoms with Gasteiger partial charge in [-0.25, -0.2) is 9.78 Å². The standard InChI is InChI=1S/C15H19Cl2N4O4PS/c1-21(5-2-6-26(23,24)25)13-9-27-15(19-13)20-14(22)18-8-10-3-4-11(16)12(17)7-10/h3-4,7,9H,2,5-6,8H2,1H3,(H2,23,24,25)(H2,18,19,20,22). The second-order valence-corrected chi connectivity index (χ2v) is 9.18. The third kappa shape index (κ3) is 7.65. The number of nitrogens with one attached hydrogen (secondary N) is 2. The van der Waals surface area contributed by atoms with Gasteiger partial charge in [-0.3, -0.25) is 9.88 Å². The molecular formula is C15H19Cl2N4O4PS. The third-order valence-electron chi connectivity index (χ3n) is 3.48. The van der Waals surface area contributed by atoms with E-state index in [1.807, 2.05) is 0 Å². The molecule has 0 unspecified atom stereocenters. The van der Waals surface area contributed by atoms with Crippen molar-refractivity contribution in [3.05, 3.63) is 39.2 Å². The molecular weight excluding hydrogens is 434 g/mol. The van der Waals surface area contributed by atoms with Crippen LogP contribution in [0.25, 0.3) is 0 Å². The fourth-order valence-corrected chi connectivity index (χ4v) is 3.72. The summed E-state index contributed by atoms with van der Waals surface area (Å²) in [4.78, 5) is 35.8. The zero-order chi connectivity index (χ0) is 20.0. The van der Waals surface area contributed by atoms with Gasteiger partial charge in [0.25, 0.3) is 0 Å². The van der Waals surface area contributed by atoms with Crippen LogP contribution in [-0.2, 0) is 11.1 Å². The van der Waals surface area contributed by atoms with Crippen molar-refractivity contribution in [2.45, 2.75) is 13.0 Å². The van der Waals surface area contributed by atoms with Crippen LogP contribution >= 0.6 is 42.1 Å². The molecule has 148 valence electrons. The monoisotopic (exact) mass is 452 g/mol. The van der Waals surface area contributed by atoms with Crippen molar-refractivity contribution >= 4 is 59.1 Å². The Morgan fingerprint density at radius 3 is 2.74 bits per heavy atom. The molecule has 1 heterocycles. The number of nitrogens with zero attached hydrogens (tertiary/aromatic N) is 2. The minimum atomic E-state index is -3.99. The lowest BCUT2D eigenvalue weighted by Gasteiger charge is -2.16. The molecule has 1 aromatic heterocycles. The normalized spacial score (nSPS) is 11.3. The van der Waals surface area contributed by atoms with Crippen molar-refractivity contribution in [1.29, 1.82) is 0 Å². The number of urea groups is 1. The van der Waals surface area contributed by atoms with Gasteiger partial charge in [-0.15, -0.1) is 11.3 Å². The summed E-state index contributed by atoms with van der Waals surface area (Å²) in [6.45, 7) is 0.723. The van der Waals surface area contributed by atoms with E-state index in [9.17, 15) is 9.36 Å². The SMILES string of the molecule is CN(CCCP(=O)(O)O)c1csc(NC(=O)NCc2ccc(Cl)c(Cl)c2)n1. The molecule has 0 spiro atoms. The number of carbonyl (C=O) groups excluding carboxylic acids is 1. The molecule has 4 N–H and O–H groups in total. The second-order valence-electron chi connectivity index (χ2n) is 5.73. The van der Waals surface area contributed by atoms with E-state index in [0.29, 0.717) is 34.0 Å². The van der Waals surface area contributed by atoms with Crippen LogP contribution in [0.15, 0.2) is 23.6 Å². The van der Waals surface area contributed by atoms with Crippen LogP contribution < -0.4 is 15.5 Å². The zero-order valence-corrected chi connectivity index (χ0v) is 17.6. The van der Waals surface area contributed by atoms with Gasteiger partial charge in [0.1, 0.15) is 5.82 Å². The topological polar surface area (TPSA) is 115 Å². The lowest BCUT2D eigenvalue weighted by Crippen LogP contribution is -2.28. The highest BCUT2D eigenvalue weighted by Crippen LogP contribution is 2.35. The first kappa shape index (κ1) is 21.9. The number of rotatable bonds is 8. The van der Waals surface area contributed by atoms with E-state index in [4.69, 9.17) is 33.0 Å². The number of halogens is 2. The van der Waals surface area contributed by atoms with Crippen LogP contribution in [0.3, 0.4) is 0 Å². The first-order valence-corrected chi connectivity index (χ1v) is 11.3. The molecule has 1 aromatic carbocycles. The smallest absolute Gasteiger partial charge is 0.325 e. The minimum absolute atomic E-state index is 0.177. The van der Waals surface area contributed by atoms with Crippen molar-refractivity contribution in [1.82, 2.24) is 10.3 Å². The van der Waals surface area contributed by atoms with E-state index >= 15 is 0 Å². The van der Waals surface area contributed by atoms with Crippen LogP contribution in [0.1, 0.15) is 12.0 Å².